The van der Waals surface area contributed by atoms with Crippen LogP contribution >= 0.6 is 0 Å². The minimum Gasteiger partial charge on any atom is -0.504 e. The zero-order valence-corrected chi connectivity index (χ0v) is 24.3. The van der Waals surface area contributed by atoms with Crippen LogP contribution in [0.2, 0.25) is 0 Å². The molecule has 25 heteroatoms. The van der Waals surface area contributed by atoms with E-state index in [0.29, 0.717) is 0 Å². The molecular weight excluding hydrogens is 686 g/mol. The van der Waals surface area contributed by atoms with Crippen LogP contribution in [0.1, 0.15) is 21.5 Å². The number of methoxy groups -OCH3 is 2. The molecule has 0 saturated carbocycles. The molecule has 1 saturated heterocycles. The fraction of sp³-hybridized carbons (Fsp3) is 0.458. The Hall–Kier alpha value is -4.29. The molecule has 1 heterocycles. The summed E-state index contributed by atoms with van der Waals surface area (Å²) in [6, 6.07) is 0. The third kappa shape index (κ3) is 3.73. The number of Topliss-reactive ketones (excluding diaryl/α,β-unsaturated/α-hetero) is 1. The molecule has 1 aliphatic heterocycles. The van der Waals surface area contributed by atoms with E-state index in [4.69, 9.17) is 9.47 Å². The number of carbonyl (C=O) groups excluding carboxylic acids is 1. The van der Waals surface area contributed by atoms with E-state index in [9.17, 15) is 112 Å². The van der Waals surface area contributed by atoms with Gasteiger partial charge in [-0.1, -0.05) is 0 Å². The number of ether oxygens (including phenoxy) is 2. The van der Waals surface area contributed by atoms with Crippen molar-refractivity contribution in [3.05, 3.63) is 16.7 Å². The van der Waals surface area contributed by atoms with Gasteiger partial charge in [0.15, 0.2) is 23.0 Å². The summed E-state index contributed by atoms with van der Waals surface area (Å²) in [5.41, 5.74) is -16.5. The second kappa shape index (κ2) is 10.1. The minimum atomic E-state index is -6.00. The van der Waals surface area contributed by atoms with Gasteiger partial charge in [0, 0.05) is 6.54 Å². The molecule has 0 radical (unpaired) electrons. The first-order valence-electron chi connectivity index (χ1n) is 12.7. The van der Waals surface area contributed by atoms with Crippen molar-refractivity contribution in [1.29, 1.82) is 0 Å². The molecule has 2 aliphatic rings. The highest BCUT2D eigenvalue weighted by Gasteiger charge is 2.95. The SMILES string of the molecule is COc1c(O)c2c(c(O)c1OC)C(O)(O)C(O)(C(O)(O)C1(O)C(O)(O)C(O)(O)N(Cc3c(O)c(O)c(O)c(O)c3O)C(O)(O)C1(O)O)C2=O. The van der Waals surface area contributed by atoms with E-state index in [0.717, 1.165) is 14.2 Å². The number of likely N-dealkylation sites (tertiary alicyclic amines) is 1. The summed E-state index contributed by atoms with van der Waals surface area (Å²) in [4.78, 5) is 12.3. The van der Waals surface area contributed by atoms with Crippen LogP contribution in [0.25, 0.3) is 0 Å². The lowest BCUT2D eigenvalue weighted by atomic mass is 9.62. The number of piperidine rings is 1. The third-order valence-electron chi connectivity index (χ3n) is 8.67. The lowest BCUT2D eigenvalue weighted by Gasteiger charge is -2.66. The highest BCUT2D eigenvalue weighted by atomic mass is 16.7. The third-order valence-corrected chi connectivity index (χ3v) is 8.67. The van der Waals surface area contributed by atoms with Gasteiger partial charge in [0.1, 0.15) is 0 Å². The molecule has 0 bridgehead atoms. The predicted octanol–water partition coefficient (Wildman–Crippen LogP) is -8.73. The Morgan fingerprint density at radius 1 is 0.592 bits per heavy atom. The quantitative estimate of drug-likeness (QED) is 0.0749. The number of hydrogen-bond donors (Lipinski definition) is 21. The van der Waals surface area contributed by atoms with Crippen molar-refractivity contribution in [3.63, 3.8) is 0 Å². The highest BCUT2D eigenvalue weighted by molar-refractivity contribution is 6.12. The molecular formula is C24H29NO24. The average molecular weight is 715 g/mol. The molecule has 1 fully saturated rings. The Morgan fingerprint density at radius 2 is 0.959 bits per heavy atom. The van der Waals surface area contributed by atoms with Gasteiger partial charge < -0.3 is 117 Å². The number of phenolic OH excluding ortho intramolecular Hbond substituents is 7. The van der Waals surface area contributed by atoms with Crippen LogP contribution in [-0.2, 0) is 12.3 Å². The second-order valence-electron chi connectivity index (χ2n) is 11.0. The summed E-state index contributed by atoms with van der Waals surface area (Å²) in [6.07, 6.45) is 0. The summed E-state index contributed by atoms with van der Waals surface area (Å²) < 4.78 is 9.42. The van der Waals surface area contributed by atoms with Gasteiger partial charge in [0.05, 0.1) is 30.9 Å². The first-order chi connectivity index (χ1) is 21.9. The predicted molar refractivity (Wildman–Crippen MR) is 139 cm³/mol. The minimum absolute atomic E-state index is 0.754. The van der Waals surface area contributed by atoms with Crippen LogP contribution in [0, 0.1) is 0 Å². The number of fused-ring (bicyclic) bond motifs is 1. The molecule has 21 N–H and O–H groups in total. The van der Waals surface area contributed by atoms with E-state index in [1.54, 1.807) is 0 Å². The van der Waals surface area contributed by atoms with Gasteiger partial charge >= 0.3 is 0 Å². The molecule has 1 unspecified atom stereocenters. The Balaban J connectivity index is 2.05. The summed E-state index contributed by atoms with van der Waals surface area (Å²) in [6.45, 7) is -2.19. The van der Waals surface area contributed by atoms with Crippen LogP contribution in [0.4, 0.5) is 0 Å². The maximum atomic E-state index is 13.5. The number of hydrogen-bond acceptors (Lipinski definition) is 25. The number of carbonyl (C=O) groups is 1. The van der Waals surface area contributed by atoms with E-state index in [1.807, 2.05) is 0 Å². The maximum absolute atomic E-state index is 13.5. The lowest BCUT2D eigenvalue weighted by Crippen LogP contribution is -2.99. The van der Waals surface area contributed by atoms with Gasteiger partial charge in [-0.05, 0) is 0 Å². The molecule has 274 valence electrons. The first kappa shape index (κ1) is 37.5. The summed E-state index contributed by atoms with van der Waals surface area (Å²) >= 11 is 0. The highest BCUT2D eigenvalue weighted by Crippen LogP contribution is 2.64. The van der Waals surface area contributed by atoms with Crippen LogP contribution in [0.5, 0.6) is 51.7 Å². The fourth-order valence-electron chi connectivity index (χ4n) is 5.87. The molecule has 1 atom stereocenters. The summed E-state index contributed by atoms with van der Waals surface area (Å²) in [7, 11) is 1.52. The maximum Gasteiger partial charge on any atom is 0.290 e. The van der Waals surface area contributed by atoms with Crippen molar-refractivity contribution >= 4 is 5.78 Å². The van der Waals surface area contributed by atoms with Gasteiger partial charge in [-0.2, -0.15) is 4.90 Å². The van der Waals surface area contributed by atoms with E-state index in [-0.39, 0.29) is 0 Å². The Bertz CT molecular complexity index is 1710. The molecule has 2 aromatic rings. The van der Waals surface area contributed by atoms with Crippen molar-refractivity contribution in [2.75, 3.05) is 14.2 Å². The number of aliphatic hydroxyl groups is 14. The van der Waals surface area contributed by atoms with E-state index in [2.05, 4.69) is 0 Å². The largest absolute Gasteiger partial charge is 0.504 e. The first-order valence-corrected chi connectivity index (χ1v) is 12.7. The van der Waals surface area contributed by atoms with E-state index < -0.39 is 132 Å². The molecule has 1 aliphatic carbocycles. The Morgan fingerprint density at radius 3 is 1.35 bits per heavy atom. The standard InChI is InChI=1S/C24H29NO24/c1-48-14-9(28)5-6(10(29)15(14)49-2)18(35,36)17(34,16(5)33)20(38,39)19(37)21(40,41)23(44,45)25(24(46,47)22(19,42)43)3-4-7(26)11(30)13(32)12(31)8(4)27/h26-32,34-47H,3H2,1-2H3. The van der Waals surface area contributed by atoms with Crippen LogP contribution in [-0.4, -0.2) is 173 Å². The van der Waals surface area contributed by atoms with Crippen LogP contribution < -0.4 is 9.47 Å². The number of aromatic hydroxyl groups is 7. The molecule has 0 aromatic heterocycles. The molecule has 49 heavy (non-hydrogen) atoms. The van der Waals surface area contributed by atoms with Crippen molar-refractivity contribution in [1.82, 2.24) is 4.90 Å². The zero-order valence-electron chi connectivity index (χ0n) is 24.3. The van der Waals surface area contributed by atoms with E-state index in [1.165, 1.54) is 0 Å². The lowest BCUT2D eigenvalue weighted by molar-refractivity contribution is -0.626. The Kier molecular flexibility index (Phi) is 7.76. The van der Waals surface area contributed by atoms with Crippen molar-refractivity contribution < 1.29 is 122 Å². The number of nitrogens with zero attached hydrogens (tertiary/aromatic N) is 1. The van der Waals surface area contributed by atoms with Crippen LogP contribution in [0.15, 0.2) is 0 Å². The molecule has 0 amide bonds. The normalized spacial score (nSPS) is 24.8. The van der Waals surface area contributed by atoms with Gasteiger partial charge in [-0.25, -0.2) is 0 Å². The molecule has 4 rings (SSSR count). The van der Waals surface area contributed by atoms with Gasteiger partial charge in [-0.15, -0.1) is 0 Å². The number of phenols is 7. The monoisotopic (exact) mass is 715 g/mol. The average Bonchev–Trinajstić information content (AvgIpc) is 3.17. The molecule has 25 nitrogen and oxygen atoms in total. The fourth-order valence-corrected chi connectivity index (χ4v) is 5.87. The van der Waals surface area contributed by atoms with Crippen molar-refractivity contribution in [3.8, 4) is 51.7 Å². The smallest absolute Gasteiger partial charge is 0.290 e. The van der Waals surface area contributed by atoms with E-state index >= 15 is 0 Å². The number of benzene rings is 2. The van der Waals surface area contributed by atoms with Crippen molar-refractivity contribution in [2.45, 2.75) is 52.7 Å². The molecule has 2 aromatic carbocycles. The second-order valence-corrected chi connectivity index (χ2v) is 11.0. The summed E-state index contributed by atoms with van der Waals surface area (Å²) in [5, 5.41) is 224. The van der Waals surface area contributed by atoms with Gasteiger partial charge in [-0.3, -0.25) is 4.79 Å². The number of ketones is 1. The van der Waals surface area contributed by atoms with Gasteiger partial charge in [0.2, 0.25) is 57.3 Å². The van der Waals surface area contributed by atoms with Crippen molar-refractivity contribution in [2.24, 2.45) is 0 Å². The van der Waals surface area contributed by atoms with Crippen LogP contribution in [0.3, 0.4) is 0 Å². The van der Waals surface area contributed by atoms with Gasteiger partial charge in [0.25, 0.3) is 23.4 Å². The Labute approximate surface area is 268 Å². The molecule has 0 spiro atoms. The topological polar surface area (TPSA) is 464 Å². The zero-order chi connectivity index (χ0) is 38.2. The number of rotatable bonds is 6. The summed E-state index contributed by atoms with van der Waals surface area (Å²) in [5.74, 6) is -49.8.